The van der Waals surface area contributed by atoms with Crippen molar-refractivity contribution in [1.82, 2.24) is 9.21 Å². The molecular formula is C24H38N2O6S. The lowest BCUT2D eigenvalue weighted by Gasteiger charge is -2.32. The molecule has 1 aliphatic rings. The number of hydrogen-bond acceptors (Lipinski definition) is 6. The number of ether oxygens (including phenoxy) is 2. The van der Waals surface area contributed by atoms with E-state index >= 15 is 0 Å². The van der Waals surface area contributed by atoms with Crippen molar-refractivity contribution in [2.45, 2.75) is 64.8 Å². The van der Waals surface area contributed by atoms with Crippen molar-refractivity contribution in [1.29, 1.82) is 0 Å². The molecule has 0 aromatic heterocycles. The van der Waals surface area contributed by atoms with E-state index in [0.29, 0.717) is 19.6 Å². The van der Waals surface area contributed by atoms with Gasteiger partial charge in [0.05, 0.1) is 12.7 Å². The van der Waals surface area contributed by atoms with Crippen molar-refractivity contribution < 1.29 is 27.5 Å². The van der Waals surface area contributed by atoms with Crippen LogP contribution in [0.25, 0.3) is 0 Å². The van der Waals surface area contributed by atoms with Crippen molar-refractivity contribution >= 4 is 21.9 Å². The number of carbonyl (C=O) groups is 2. The van der Waals surface area contributed by atoms with E-state index in [1.165, 1.54) is 29.6 Å². The summed E-state index contributed by atoms with van der Waals surface area (Å²) in [7, 11) is -2.46. The molecule has 1 aromatic carbocycles. The van der Waals surface area contributed by atoms with Crippen LogP contribution >= 0.6 is 0 Å². The van der Waals surface area contributed by atoms with Crippen LogP contribution in [0.4, 0.5) is 0 Å². The smallest absolute Gasteiger partial charge is 0.338 e. The monoisotopic (exact) mass is 482 g/mol. The Morgan fingerprint density at radius 2 is 1.76 bits per heavy atom. The molecule has 1 unspecified atom stereocenters. The molecule has 9 heteroatoms. The highest BCUT2D eigenvalue weighted by Crippen LogP contribution is 2.31. The molecule has 0 spiro atoms. The van der Waals surface area contributed by atoms with Crippen molar-refractivity contribution in [3.8, 4) is 5.75 Å². The summed E-state index contributed by atoms with van der Waals surface area (Å²) in [6.07, 6.45) is 2.56. The molecule has 0 radical (unpaired) electrons. The summed E-state index contributed by atoms with van der Waals surface area (Å²) in [5, 5.41) is 0. The molecule has 33 heavy (non-hydrogen) atoms. The van der Waals surface area contributed by atoms with Gasteiger partial charge in [0.25, 0.3) is 5.91 Å². The molecule has 1 aliphatic heterocycles. The lowest BCUT2D eigenvalue weighted by atomic mass is 10.1. The van der Waals surface area contributed by atoms with Gasteiger partial charge in [0.1, 0.15) is 10.6 Å². The van der Waals surface area contributed by atoms with Crippen molar-refractivity contribution in [2.75, 3.05) is 33.4 Å². The first-order valence-corrected chi connectivity index (χ1v) is 13.1. The Morgan fingerprint density at radius 3 is 2.30 bits per heavy atom. The molecule has 1 atom stereocenters. The normalized spacial score (nSPS) is 17.3. The Hall–Kier alpha value is -2.13. The van der Waals surface area contributed by atoms with Gasteiger partial charge in [-0.1, -0.05) is 34.1 Å². The molecule has 186 valence electrons. The second kappa shape index (κ2) is 11.8. The van der Waals surface area contributed by atoms with Crippen LogP contribution in [-0.4, -0.2) is 68.9 Å². The SMILES string of the molecule is COc1ccc(C(=O)OCC(=O)N(CC(C)C)CC(C)C)cc1S(=O)(=O)N1CCCCC1C. The summed E-state index contributed by atoms with van der Waals surface area (Å²) in [4.78, 5) is 27.0. The van der Waals surface area contributed by atoms with E-state index in [2.05, 4.69) is 0 Å². The van der Waals surface area contributed by atoms with Gasteiger partial charge < -0.3 is 14.4 Å². The van der Waals surface area contributed by atoms with Crippen LogP contribution in [0.5, 0.6) is 5.75 Å². The summed E-state index contributed by atoms with van der Waals surface area (Å²) in [5.41, 5.74) is 0.0612. The number of benzene rings is 1. The van der Waals surface area contributed by atoms with Gasteiger partial charge in [-0.25, -0.2) is 13.2 Å². The third-order valence-corrected chi connectivity index (χ3v) is 7.61. The zero-order valence-electron chi connectivity index (χ0n) is 20.7. The van der Waals surface area contributed by atoms with Crippen molar-refractivity contribution in [2.24, 2.45) is 11.8 Å². The van der Waals surface area contributed by atoms with E-state index in [1.54, 1.807) is 4.90 Å². The van der Waals surface area contributed by atoms with E-state index in [9.17, 15) is 18.0 Å². The van der Waals surface area contributed by atoms with E-state index in [4.69, 9.17) is 9.47 Å². The number of amides is 1. The first kappa shape index (κ1) is 27.1. The predicted molar refractivity (Wildman–Crippen MR) is 127 cm³/mol. The fraction of sp³-hybridized carbons (Fsp3) is 0.667. The maximum atomic E-state index is 13.3. The number of sulfonamides is 1. The van der Waals surface area contributed by atoms with Gasteiger partial charge in [0.15, 0.2) is 6.61 Å². The molecule has 8 nitrogen and oxygen atoms in total. The average Bonchev–Trinajstić information content (AvgIpc) is 2.75. The summed E-state index contributed by atoms with van der Waals surface area (Å²) < 4.78 is 38.7. The Labute approximate surface area is 198 Å². The molecule has 0 aliphatic carbocycles. The minimum absolute atomic E-state index is 0.0612. The summed E-state index contributed by atoms with van der Waals surface area (Å²) in [5.74, 6) is -0.275. The lowest BCUT2D eigenvalue weighted by Crippen LogP contribution is -2.42. The maximum Gasteiger partial charge on any atom is 0.338 e. The van der Waals surface area contributed by atoms with E-state index in [-0.39, 0.29) is 40.0 Å². The molecule has 1 aromatic rings. The zero-order valence-corrected chi connectivity index (χ0v) is 21.5. The van der Waals surface area contributed by atoms with Crippen LogP contribution in [0.3, 0.4) is 0 Å². The van der Waals surface area contributed by atoms with Gasteiger partial charge in [-0.2, -0.15) is 4.31 Å². The van der Waals surface area contributed by atoms with Crippen LogP contribution in [0.1, 0.15) is 64.2 Å². The average molecular weight is 483 g/mol. The molecule has 0 saturated carbocycles. The lowest BCUT2D eigenvalue weighted by molar-refractivity contribution is -0.135. The van der Waals surface area contributed by atoms with Gasteiger partial charge in [-0.3, -0.25) is 4.79 Å². The van der Waals surface area contributed by atoms with Gasteiger partial charge in [0, 0.05) is 25.7 Å². The summed E-state index contributed by atoms with van der Waals surface area (Å²) >= 11 is 0. The Balaban J connectivity index is 2.20. The van der Waals surface area contributed by atoms with E-state index in [1.807, 2.05) is 34.6 Å². The third-order valence-electron chi connectivity index (χ3n) is 5.58. The molecule has 0 N–H and O–H groups in total. The molecule has 0 bridgehead atoms. The van der Waals surface area contributed by atoms with Gasteiger partial charge >= 0.3 is 5.97 Å². The topological polar surface area (TPSA) is 93.2 Å². The molecule has 1 amide bonds. The van der Waals surface area contributed by atoms with Crippen molar-refractivity contribution in [3.63, 3.8) is 0 Å². The summed E-state index contributed by atoms with van der Waals surface area (Å²) in [6.45, 7) is 11.2. The molecule has 1 fully saturated rings. The van der Waals surface area contributed by atoms with Crippen LogP contribution in [0, 0.1) is 11.8 Å². The van der Waals surface area contributed by atoms with Crippen LogP contribution in [0.2, 0.25) is 0 Å². The first-order chi connectivity index (χ1) is 15.5. The van der Waals surface area contributed by atoms with Gasteiger partial charge in [0.2, 0.25) is 10.0 Å². The van der Waals surface area contributed by atoms with E-state index in [0.717, 1.165) is 19.3 Å². The Morgan fingerprint density at radius 1 is 1.12 bits per heavy atom. The largest absolute Gasteiger partial charge is 0.495 e. The first-order valence-electron chi connectivity index (χ1n) is 11.6. The second-order valence-corrected chi connectivity index (χ2v) is 11.3. The quantitative estimate of drug-likeness (QED) is 0.474. The summed E-state index contributed by atoms with van der Waals surface area (Å²) in [6, 6.07) is 4.05. The Kier molecular flexibility index (Phi) is 9.72. The third kappa shape index (κ3) is 7.17. The molecule has 1 saturated heterocycles. The molecule has 2 rings (SSSR count). The van der Waals surface area contributed by atoms with Crippen molar-refractivity contribution in [3.05, 3.63) is 23.8 Å². The fourth-order valence-corrected chi connectivity index (χ4v) is 5.90. The number of carbonyl (C=O) groups excluding carboxylic acids is 2. The number of hydrogen-bond donors (Lipinski definition) is 0. The van der Waals surface area contributed by atoms with Gasteiger partial charge in [-0.05, 0) is 49.8 Å². The van der Waals surface area contributed by atoms with Crippen LogP contribution < -0.4 is 4.74 Å². The highest BCUT2D eigenvalue weighted by molar-refractivity contribution is 7.89. The minimum Gasteiger partial charge on any atom is -0.495 e. The number of rotatable bonds is 10. The standard InChI is InChI=1S/C24H38N2O6S/c1-17(2)14-25(15-18(3)4)23(27)16-32-24(28)20-10-11-21(31-6)22(13-20)33(29,30)26-12-8-7-9-19(26)5/h10-11,13,17-19H,7-9,12,14-16H2,1-6H3. The highest BCUT2D eigenvalue weighted by Gasteiger charge is 2.34. The van der Waals surface area contributed by atoms with Gasteiger partial charge in [-0.15, -0.1) is 0 Å². The molecule has 1 heterocycles. The van der Waals surface area contributed by atoms with E-state index < -0.39 is 22.6 Å². The number of piperidine rings is 1. The predicted octanol–water partition coefficient (Wildman–Crippen LogP) is 3.56. The second-order valence-electron chi connectivity index (χ2n) is 9.49. The van der Waals surface area contributed by atoms with Crippen LogP contribution in [-0.2, 0) is 19.6 Å². The van der Waals surface area contributed by atoms with Crippen LogP contribution in [0.15, 0.2) is 23.1 Å². The molecular weight excluding hydrogens is 444 g/mol. The minimum atomic E-state index is -3.86. The number of nitrogens with zero attached hydrogens (tertiary/aromatic N) is 2. The number of esters is 1. The Bertz CT molecular complexity index is 919. The fourth-order valence-electron chi connectivity index (χ4n) is 4.02. The maximum absolute atomic E-state index is 13.3. The number of methoxy groups -OCH3 is 1. The zero-order chi connectivity index (χ0) is 24.8. The highest BCUT2D eigenvalue weighted by atomic mass is 32.2.